The van der Waals surface area contributed by atoms with Crippen LogP contribution >= 0.6 is 0 Å². The Morgan fingerprint density at radius 3 is 2.04 bits per heavy atom. The lowest BCUT2D eigenvalue weighted by Crippen LogP contribution is -2.44. The number of carbonyl (C=O) groups is 4. The second-order valence-corrected chi connectivity index (χ2v) is 13.1. The molecule has 0 radical (unpaired) electrons. The standard InChI is InChI=1S/C33H41NO11/c1-31(2,3)44-23(35)14-33(30(39)45-32(4,5)6)26-20(16-43-33)27(42-10)18(13-22(26)41-9)11-17-12-21(40-8)25-19(24(17)29(37)38)15-34(7)28(25)36/h12-13H,11,14-16H2,1-10H3,(H,37,38). The van der Waals surface area contributed by atoms with Crippen LogP contribution in [-0.4, -0.2) is 73.4 Å². The first-order valence-corrected chi connectivity index (χ1v) is 14.4. The van der Waals surface area contributed by atoms with Gasteiger partial charge in [0.25, 0.3) is 5.91 Å². The molecule has 2 aliphatic heterocycles. The molecule has 0 aromatic heterocycles. The first kappa shape index (κ1) is 33.6. The summed E-state index contributed by atoms with van der Waals surface area (Å²) >= 11 is 0. The third-order valence-corrected chi connectivity index (χ3v) is 7.50. The van der Waals surface area contributed by atoms with Crippen LogP contribution in [0.4, 0.5) is 0 Å². The van der Waals surface area contributed by atoms with E-state index in [0.717, 1.165) is 0 Å². The number of carboxylic acids is 1. The zero-order valence-corrected chi connectivity index (χ0v) is 27.5. The number of hydrogen-bond acceptors (Lipinski definition) is 10. The number of methoxy groups -OCH3 is 3. The van der Waals surface area contributed by atoms with E-state index < -0.39 is 41.1 Å². The molecule has 2 heterocycles. The molecule has 1 N–H and O–H groups in total. The molecule has 2 aliphatic rings. The number of fused-ring (bicyclic) bond motifs is 2. The summed E-state index contributed by atoms with van der Waals surface area (Å²) in [6, 6.07) is 3.17. The average molecular weight is 628 g/mol. The summed E-state index contributed by atoms with van der Waals surface area (Å²) in [6.45, 7) is 10.3. The summed E-state index contributed by atoms with van der Waals surface area (Å²) < 4.78 is 34.7. The topological polar surface area (TPSA) is 147 Å². The summed E-state index contributed by atoms with van der Waals surface area (Å²) in [5.41, 5.74) is -1.44. The molecule has 4 rings (SSSR count). The fraction of sp³-hybridized carbons (Fsp3) is 0.515. The highest BCUT2D eigenvalue weighted by atomic mass is 16.6. The van der Waals surface area contributed by atoms with Crippen LogP contribution < -0.4 is 14.2 Å². The van der Waals surface area contributed by atoms with E-state index in [2.05, 4.69) is 0 Å². The van der Waals surface area contributed by atoms with Crippen molar-refractivity contribution < 1.29 is 52.7 Å². The Kier molecular flexibility index (Phi) is 8.87. The molecule has 45 heavy (non-hydrogen) atoms. The minimum atomic E-state index is -1.91. The number of carboxylic acid groups (broad SMARTS) is 1. The van der Waals surface area contributed by atoms with Crippen molar-refractivity contribution in [3.63, 3.8) is 0 Å². The van der Waals surface area contributed by atoms with Gasteiger partial charge in [-0.05, 0) is 59.2 Å². The lowest BCUT2D eigenvalue weighted by atomic mass is 9.85. The van der Waals surface area contributed by atoms with Gasteiger partial charge in [-0.15, -0.1) is 0 Å². The highest BCUT2D eigenvalue weighted by molar-refractivity contribution is 6.05. The quantitative estimate of drug-likeness (QED) is 0.395. The van der Waals surface area contributed by atoms with Crippen LogP contribution in [0.25, 0.3) is 0 Å². The van der Waals surface area contributed by atoms with Crippen LogP contribution in [-0.2, 0) is 49.0 Å². The van der Waals surface area contributed by atoms with Crippen LogP contribution in [0.5, 0.6) is 17.2 Å². The van der Waals surface area contributed by atoms with E-state index >= 15 is 0 Å². The van der Waals surface area contributed by atoms with Gasteiger partial charge in [0.2, 0.25) is 5.60 Å². The van der Waals surface area contributed by atoms with Gasteiger partial charge in [-0.2, -0.15) is 0 Å². The maximum atomic E-state index is 13.9. The van der Waals surface area contributed by atoms with Crippen LogP contribution in [0.15, 0.2) is 12.1 Å². The summed E-state index contributed by atoms with van der Waals surface area (Å²) in [6.07, 6.45) is -0.445. The molecule has 12 heteroatoms. The monoisotopic (exact) mass is 627 g/mol. The van der Waals surface area contributed by atoms with E-state index in [4.69, 9.17) is 28.4 Å². The number of ether oxygens (including phenoxy) is 6. The fourth-order valence-electron chi connectivity index (χ4n) is 5.90. The highest BCUT2D eigenvalue weighted by Gasteiger charge is 2.55. The molecule has 1 amide bonds. The van der Waals surface area contributed by atoms with Gasteiger partial charge in [0.15, 0.2) is 0 Å². The number of carbonyl (C=O) groups excluding carboxylic acids is 3. The summed E-state index contributed by atoms with van der Waals surface area (Å²) in [7, 11) is 5.88. The Hall–Kier alpha value is -4.32. The number of amides is 1. The largest absolute Gasteiger partial charge is 0.496 e. The molecule has 244 valence electrons. The predicted molar refractivity (Wildman–Crippen MR) is 161 cm³/mol. The number of aromatic carboxylic acids is 1. The fourth-order valence-corrected chi connectivity index (χ4v) is 5.90. The van der Waals surface area contributed by atoms with Gasteiger partial charge in [0, 0.05) is 42.3 Å². The van der Waals surface area contributed by atoms with Gasteiger partial charge in [-0.25, -0.2) is 9.59 Å². The Morgan fingerprint density at radius 2 is 1.51 bits per heavy atom. The first-order valence-electron chi connectivity index (χ1n) is 14.4. The highest BCUT2D eigenvalue weighted by Crippen LogP contribution is 2.51. The molecule has 12 nitrogen and oxygen atoms in total. The summed E-state index contributed by atoms with van der Waals surface area (Å²) in [5.74, 6) is -2.19. The third-order valence-electron chi connectivity index (χ3n) is 7.50. The van der Waals surface area contributed by atoms with Gasteiger partial charge in [-0.1, -0.05) is 0 Å². The van der Waals surface area contributed by atoms with Crippen molar-refractivity contribution >= 4 is 23.8 Å². The van der Waals surface area contributed by atoms with Crippen molar-refractivity contribution in [1.29, 1.82) is 0 Å². The van der Waals surface area contributed by atoms with E-state index in [1.165, 1.54) is 26.2 Å². The number of rotatable bonds is 9. The smallest absolute Gasteiger partial charge is 0.344 e. The summed E-state index contributed by atoms with van der Waals surface area (Å²) in [5, 5.41) is 10.3. The van der Waals surface area contributed by atoms with Crippen molar-refractivity contribution in [3.8, 4) is 17.2 Å². The van der Waals surface area contributed by atoms with Crippen LogP contribution in [0, 0.1) is 0 Å². The Balaban J connectivity index is 1.92. The molecule has 0 bridgehead atoms. The van der Waals surface area contributed by atoms with Crippen molar-refractivity contribution in [3.05, 3.63) is 51.1 Å². The van der Waals surface area contributed by atoms with E-state index in [0.29, 0.717) is 28.0 Å². The van der Waals surface area contributed by atoms with Crippen molar-refractivity contribution in [2.45, 2.75) is 84.3 Å². The lowest BCUT2D eigenvalue weighted by molar-refractivity contribution is -0.192. The zero-order chi connectivity index (χ0) is 33.6. The van der Waals surface area contributed by atoms with Crippen molar-refractivity contribution in [1.82, 2.24) is 4.90 Å². The maximum absolute atomic E-state index is 13.9. The molecule has 0 spiro atoms. The molecule has 0 aliphatic carbocycles. The van der Waals surface area contributed by atoms with Crippen LogP contribution in [0.3, 0.4) is 0 Å². The van der Waals surface area contributed by atoms with Gasteiger partial charge < -0.3 is 38.4 Å². The van der Waals surface area contributed by atoms with E-state index in [1.54, 1.807) is 60.7 Å². The van der Waals surface area contributed by atoms with Crippen LogP contribution in [0.2, 0.25) is 0 Å². The number of esters is 2. The predicted octanol–water partition coefficient (Wildman–Crippen LogP) is 4.39. The number of nitrogens with zero attached hydrogens (tertiary/aromatic N) is 1. The van der Waals surface area contributed by atoms with Gasteiger partial charge >= 0.3 is 17.9 Å². The Morgan fingerprint density at radius 1 is 0.911 bits per heavy atom. The number of hydrogen-bond donors (Lipinski definition) is 1. The molecular formula is C33H41NO11. The molecule has 1 atom stereocenters. The van der Waals surface area contributed by atoms with Gasteiger partial charge in [0.05, 0.1) is 45.5 Å². The van der Waals surface area contributed by atoms with E-state index in [-0.39, 0.29) is 53.7 Å². The van der Waals surface area contributed by atoms with Crippen molar-refractivity contribution in [2.24, 2.45) is 0 Å². The van der Waals surface area contributed by atoms with Crippen molar-refractivity contribution in [2.75, 3.05) is 28.4 Å². The SMILES string of the molecule is COc1cc(Cc2cc(OC)c3c(c2OC)COC3(CC(=O)OC(C)(C)C)C(=O)OC(C)(C)C)c(C(=O)O)c2c1C(=O)N(C)C2. The van der Waals surface area contributed by atoms with Gasteiger partial charge in [0.1, 0.15) is 28.5 Å². The Labute approximate surface area is 262 Å². The first-order chi connectivity index (χ1) is 20.9. The minimum absolute atomic E-state index is 0.00528. The second-order valence-electron chi connectivity index (χ2n) is 13.1. The molecule has 0 saturated carbocycles. The molecule has 0 fully saturated rings. The Bertz CT molecular complexity index is 1560. The summed E-state index contributed by atoms with van der Waals surface area (Å²) in [4.78, 5) is 53.9. The maximum Gasteiger partial charge on any atom is 0.344 e. The second kappa shape index (κ2) is 11.9. The van der Waals surface area contributed by atoms with Gasteiger partial charge in [-0.3, -0.25) is 9.59 Å². The molecule has 0 saturated heterocycles. The molecular weight excluding hydrogens is 586 g/mol. The third kappa shape index (κ3) is 6.28. The molecule has 1 unspecified atom stereocenters. The molecule has 2 aromatic rings. The lowest BCUT2D eigenvalue weighted by Gasteiger charge is -2.32. The minimum Gasteiger partial charge on any atom is -0.496 e. The van der Waals surface area contributed by atoms with E-state index in [9.17, 15) is 24.3 Å². The molecule has 2 aromatic carbocycles. The van der Waals surface area contributed by atoms with E-state index in [1.807, 2.05) is 0 Å². The van der Waals surface area contributed by atoms with Crippen LogP contribution in [0.1, 0.15) is 96.5 Å². The number of benzene rings is 2. The average Bonchev–Trinajstić information content (AvgIpc) is 3.43. The zero-order valence-electron chi connectivity index (χ0n) is 27.5. The normalized spacial score (nSPS) is 17.5.